The first-order chi connectivity index (χ1) is 5.31. The van der Waals surface area contributed by atoms with Crippen LogP contribution in [-0.2, 0) is 9.45 Å². The van der Waals surface area contributed by atoms with Crippen molar-refractivity contribution in [3.05, 3.63) is 0 Å². The van der Waals surface area contributed by atoms with Crippen LogP contribution in [0.5, 0.6) is 0 Å². The number of carbonyl (C=O) groups excluding carboxylic acids is 1. The molecule has 3 unspecified atom stereocenters. The zero-order valence-electron chi connectivity index (χ0n) is 6.32. The molecular formula is C7H10BNO2. The lowest BCUT2D eigenvalue weighted by Gasteiger charge is -2.19. The molecule has 3 atom stereocenters. The van der Waals surface area contributed by atoms with Crippen LogP contribution < -0.4 is 0 Å². The van der Waals surface area contributed by atoms with Crippen LogP contribution in [0.1, 0.15) is 6.42 Å². The Morgan fingerprint density at radius 3 is 2.82 bits per heavy atom. The molecule has 0 saturated carbocycles. The predicted molar refractivity (Wildman–Crippen MR) is 39.9 cm³/mol. The van der Waals surface area contributed by atoms with Crippen LogP contribution in [0, 0.1) is 11.8 Å². The topological polar surface area (TPSA) is 29.5 Å². The van der Waals surface area contributed by atoms with Gasteiger partial charge in [0.15, 0.2) is 0 Å². The van der Waals surface area contributed by atoms with Gasteiger partial charge in [0.05, 0.1) is 5.92 Å². The largest absolute Gasteiger partial charge is 0.543 e. The highest BCUT2D eigenvalue weighted by Crippen LogP contribution is 2.33. The standard InChI is InChI=1S/C7H10BNO2/c8-11-7(10)6-4-9-2-1-5(6)3-9/h5-6H,1-4H2. The molecule has 0 aliphatic carbocycles. The SMILES string of the molecule is [B]OC(=O)C1CN2CCC1C2. The molecule has 2 fully saturated rings. The number of carbonyl (C=O) groups is 1. The molecule has 0 amide bonds. The molecule has 2 saturated heterocycles. The van der Waals surface area contributed by atoms with E-state index in [1.54, 1.807) is 0 Å². The van der Waals surface area contributed by atoms with E-state index < -0.39 is 0 Å². The molecule has 2 rings (SSSR count). The maximum Gasteiger partial charge on any atom is 0.378 e. The molecule has 2 radical (unpaired) electrons. The summed E-state index contributed by atoms with van der Waals surface area (Å²) >= 11 is 0. The molecule has 58 valence electrons. The second-order valence-corrected chi connectivity index (χ2v) is 3.35. The molecule has 0 aromatic heterocycles. The van der Waals surface area contributed by atoms with Crippen LogP contribution in [0.3, 0.4) is 0 Å². The van der Waals surface area contributed by atoms with Crippen molar-refractivity contribution >= 4 is 14.0 Å². The van der Waals surface area contributed by atoms with Crippen molar-refractivity contribution in [3.63, 3.8) is 0 Å². The van der Waals surface area contributed by atoms with Gasteiger partial charge in [0.1, 0.15) is 0 Å². The van der Waals surface area contributed by atoms with Gasteiger partial charge in [0.25, 0.3) is 5.97 Å². The van der Waals surface area contributed by atoms with Gasteiger partial charge in [-0.25, -0.2) is 0 Å². The van der Waals surface area contributed by atoms with Crippen LogP contribution >= 0.6 is 0 Å². The molecule has 11 heavy (non-hydrogen) atoms. The smallest absolute Gasteiger partial charge is 0.378 e. The van der Waals surface area contributed by atoms with E-state index in [-0.39, 0.29) is 11.9 Å². The van der Waals surface area contributed by atoms with E-state index in [9.17, 15) is 4.79 Å². The minimum atomic E-state index is -0.239. The quantitative estimate of drug-likeness (QED) is 0.476. The minimum absolute atomic E-state index is 0.0498. The summed E-state index contributed by atoms with van der Waals surface area (Å²) in [6.45, 7) is 3.04. The Morgan fingerprint density at radius 1 is 1.55 bits per heavy atom. The fraction of sp³-hybridized carbons (Fsp3) is 0.857. The summed E-state index contributed by atoms with van der Waals surface area (Å²) in [7, 11) is 4.82. The summed E-state index contributed by atoms with van der Waals surface area (Å²) in [5.74, 6) is 0.317. The van der Waals surface area contributed by atoms with Crippen LogP contribution in [0.15, 0.2) is 0 Å². The third-order valence-electron chi connectivity index (χ3n) is 2.75. The molecule has 4 heteroatoms. The Kier molecular flexibility index (Phi) is 1.64. The van der Waals surface area contributed by atoms with Crippen molar-refractivity contribution in [3.8, 4) is 0 Å². The van der Waals surface area contributed by atoms with Crippen LogP contribution in [0.4, 0.5) is 0 Å². The first kappa shape index (κ1) is 7.16. The molecule has 2 aliphatic heterocycles. The number of hydrogen-bond acceptors (Lipinski definition) is 3. The van der Waals surface area contributed by atoms with E-state index >= 15 is 0 Å². The van der Waals surface area contributed by atoms with E-state index in [0.717, 1.165) is 26.1 Å². The van der Waals surface area contributed by atoms with Crippen LogP contribution in [0.2, 0.25) is 0 Å². The lowest BCUT2D eigenvalue weighted by Crippen LogP contribution is -2.30. The van der Waals surface area contributed by atoms with Gasteiger partial charge in [-0.15, -0.1) is 0 Å². The number of piperidine rings is 1. The molecule has 3 nitrogen and oxygen atoms in total. The highest BCUT2D eigenvalue weighted by atomic mass is 16.5. The number of fused-ring (bicyclic) bond motifs is 2. The van der Waals surface area contributed by atoms with E-state index in [1.807, 2.05) is 0 Å². The van der Waals surface area contributed by atoms with Gasteiger partial charge in [0.2, 0.25) is 0 Å². The van der Waals surface area contributed by atoms with Crippen LogP contribution in [0.25, 0.3) is 0 Å². The minimum Gasteiger partial charge on any atom is -0.543 e. The molecule has 2 bridgehead atoms. The first-order valence-electron chi connectivity index (χ1n) is 3.94. The Bertz CT molecular complexity index is 185. The second kappa shape index (κ2) is 2.52. The average molecular weight is 151 g/mol. The van der Waals surface area contributed by atoms with Gasteiger partial charge < -0.3 is 9.55 Å². The molecule has 0 aromatic rings. The Balaban J connectivity index is 2.02. The molecule has 0 aromatic carbocycles. The monoisotopic (exact) mass is 151 g/mol. The molecule has 0 spiro atoms. The first-order valence-corrected chi connectivity index (χ1v) is 3.94. The second-order valence-electron chi connectivity index (χ2n) is 3.35. The lowest BCUT2D eigenvalue weighted by molar-refractivity contribution is -0.139. The summed E-state index contributed by atoms with van der Waals surface area (Å²) in [5.41, 5.74) is 0. The summed E-state index contributed by atoms with van der Waals surface area (Å²) in [5, 5.41) is 0. The summed E-state index contributed by atoms with van der Waals surface area (Å²) in [6, 6.07) is 0. The van der Waals surface area contributed by atoms with E-state index in [0.29, 0.717) is 5.92 Å². The van der Waals surface area contributed by atoms with Crippen molar-refractivity contribution in [1.82, 2.24) is 4.90 Å². The van der Waals surface area contributed by atoms with Crippen molar-refractivity contribution < 1.29 is 9.45 Å². The van der Waals surface area contributed by atoms with Gasteiger partial charge in [-0.2, -0.15) is 0 Å². The van der Waals surface area contributed by atoms with Gasteiger partial charge in [-0.05, 0) is 18.9 Å². The summed E-state index contributed by atoms with van der Waals surface area (Å²) in [4.78, 5) is 13.3. The van der Waals surface area contributed by atoms with E-state index in [4.69, 9.17) is 8.05 Å². The molecule has 2 heterocycles. The highest BCUT2D eigenvalue weighted by molar-refractivity contribution is 6.05. The number of nitrogens with zero attached hydrogens (tertiary/aromatic N) is 1. The Labute approximate surface area is 67.1 Å². The predicted octanol–water partition coefficient (Wildman–Crippen LogP) is -0.435. The average Bonchev–Trinajstić information content (AvgIpc) is 2.62. The molecule has 2 aliphatic rings. The Hall–Kier alpha value is -0.505. The third kappa shape index (κ3) is 1.05. The zero-order chi connectivity index (χ0) is 7.84. The third-order valence-corrected chi connectivity index (χ3v) is 2.75. The van der Waals surface area contributed by atoms with E-state index in [1.165, 1.54) is 0 Å². The Morgan fingerprint density at radius 2 is 2.36 bits per heavy atom. The lowest BCUT2D eigenvalue weighted by atomic mass is 9.93. The van der Waals surface area contributed by atoms with Crippen molar-refractivity contribution in [2.24, 2.45) is 11.8 Å². The molecule has 0 N–H and O–H groups in total. The summed E-state index contributed by atoms with van der Waals surface area (Å²) < 4.78 is 4.22. The summed E-state index contributed by atoms with van der Waals surface area (Å²) in [6.07, 6.45) is 1.12. The highest BCUT2D eigenvalue weighted by Gasteiger charge is 2.42. The van der Waals surface area contributed by atoms with Gasteiger partial charge >= 0.3 is 8.05 Å². The number of rotatable bonds is 1. The molecular weight excluding hydrogens is 141 g/mol. The number of hydrogen-bond donors (Lipinski definition) is 0. The zero-order valence-corrected chi connectivity index (χ0v) is 6.32. The fourth-order valence-corrected chi connectivity index (χ4v) is 2.14. The van der Waals surface area contributed by atoms with Gasteiger partial charge in [0, 0.05) is 13.1 Å². The van der Waals surface area contributed by atoms with Gasteiger partial charge in [-0.3, -0.25) is 4.79 Å². The van der Waals surface area contributed by atoms with Crippen molar-refractivity contribution in [1.29, 1.82) is 0 Å². The normalized spacial score (nSPS) is 40.9. The fourth-order valence-electron chi connectivity index (χ4n) is 2.14. The van der Waals surface area contributed by atoms with Crippen molar-refractivity contribution in [2.75, 3.05) is 19.6 Å². The van der Waals surface area contributed by atoms with Crippen molar-refractivity contribution in [2.45, 2.75) is 6.42 Å². The maximum absolute atomic E-state index is 11.0. The maximum atomic E-state index is 11.0. The van der Waals surface area contributed by atoms with Crippen LogP contribution in [-0.4, -0.2) is 38.6 Å². The van der Waals surface area contributed by atoms with E-state index in [2.05, 4.69) is 9.55 Å². The van der Waals surface area contributed by atoms with Gasteiger partial charge in [-0.1, -0.05) is 0 Å².